The number of ether oxygens (including phenoxy) is 2. The van der Waals surface area contributed by atoms with Crippen LogP contribution in [0.5, 0.6) is 11.5 Å². The summed E-state index contributed by atoms with van der Waals surface area (Å²) in [5.74, 6) is 0.913. The minimum atomic E-state index is -0.441. The molecule has 3 rings (SSSR count). The van der Waals surface area contributed by atoms with Gasteiger partial charge in [0.2, 0.25) is 0 Å². The highest BCUT2D eigenvalue weighted by Gasteiger charge is 2.13. The van der Waals surface area contributed by atoms with Crippen LogP contribution in [0.25, 0.3) is 0 Å². The van der Waals surface area contributed by atoms with Gasteiger partial charge in [-0.3, -0.25) is 10.1 Å². The van der Waals surface area contributed by atoms with E-state index in [-0.39, 0.29) is 15.7 Å². The molecule has 0 fully saturated rings. The Kier molecular flexibility index (Phi) is 7.90. The third-order valence-electron chi connectivity index (χ3n) is 3.89. The highest BCUT2D eigenvalue weighted by Crippen LogP contribution is 2.24. The first-order valence-corrected chi connectivity index (χ1v) is 10.2. The van der Waals surface area contributed by atoms with Crippen molar-refractivity contribution in [3.63, 3.8) is 0 Å². The molecule has 8 heteroatoms. The number of benzene rings is 3. The Bertz CT molecular complexity index is 1030. The van der Waals surface area contributed by atoms with Gasteiger partial charge in [-0.2, -0.15) is 0 Å². The van der Waals surface area contributed by atoms with Crippen molar-refractivity contribution < 1.29 is 14.3 Å². The molecule has 0 saturated carbocycles. The van der Waals surface area contributed by atoms with Gasteiger partial charge in [-0.25, -0.2) is 0 Å². The molecule has 0 aromatic heterocycles. The summed E-state index contributed by atoms with van der Waals surface area (Å²) in [6.45, 7) is 0.724. The van der Waals surface area contributed by atoms with Crippen molar-refractivity contribution in [3.05, 3.63) is 88.4 Å². The van der Waals surface area contributed by atoms with Crippen LogP contribution in [0.15, 0.2) is 72.8 Å². The molecule has 0 aliphatic carbocycles. The summed E-state index contributed by atoms with van der Waals surface area (Å²) in [6, 6.07) is 21.4. The van der Waals surface area contributed by atoms with Gasteiger partial charge in [0.1, 0.15) is 24.7 Å². The quantitative estimate of drug-likeness (QED) is 0.356. The molecule has 0 heterocycles. The van der Waals surface area contributed by atoms with Crippen molar-refractivity contribution in [2.24, 2.45) is 0 Å². The fourth-order valence-electron chi connectivity index (χ4n) is 2.52. The van der Waals surface area contributed by atoms with Gasteiger partial charge in [0, 0.05) is 5.02 Å². The van der Waals surface area contributed by atoms with Gasteiger partial charge < -0.3 is 14.8 Å². The number of amides is 1. The van der Waals surface area contributed by atoms with Crippen molar-refractivity contribution in [3.8, 4) is 11.5 Å². The smallest absolute Gasteiger partial charge is 0.258 e. The molecule has 0 spiro atoms. The van der Waals surface area contributed by atoms with Crippen LogP contribution in [0, 0.1) is 0 Å². The molecule has 0 bridgehead atoms. The van der Waals surface area contributed by atoms with E-state index in [9.17, 15) is 4.79 Å². The van der Waals surface area contributed by atoms with Crippen molar-refractivity contribution >= 4 is 52.1 Å². The predicted octanol–water partition coefficient (Wildman–Crippen LogP) is 5.58. The monoisotopic (exact) mass is 460 g/mol. The van der Waals surface area contributed by atoms with Crippen LogP contribution in [0.2, 0.25) is 10.0 Å². The van der Waals surface area contributed by atoms with Gasteiger partial charge in [-0.05, 0) is 54.7 Å². The maximum absolute atomic E-state index is 12.4. The van der Waals surface area contributed by atoms with E-state index in [2.05, 4.69) is 10.6 Å². The first-order valence-electron chi connectivity index (χ1n) is 9.00. The summed E-state index contributed by atoms with van der Waals surface area (Å²) in [5, 5.41) is 6.36. The molecular formula is C22H18Cl2N2O3S. The van der Waals surface area contributed by atoms with E-state index in [1.165, 1.54) is 12.1 Å². The van der Waals surface area contributed by atoms with E-state index >= 15 is 0 Å². The number of para-hydroxylation sites is 3. The number of anilines is 1. The van der Waals surface area contributed by atoms with Gasteiger partial charge in [0.05, 0.1) is 16.3 Å². The van der Waals surface area contributed by atoms with Crippen LogP contribution in [0.3, 0.4) is 0 Å². The van der Waals surface area contributed by atoms with E-state index in [1.807, 2.05) is 42.5 Å². The number of carbonyl (C=O) groups excluding carboxylic acids is 1. The largest absolute Gasteiger partial charge is 0.490 e. The van der Waals surface area contributed by atoms with E-state index in [0.717, 1.165) is 5.75 Å². The summed E-state index contributed by atoms with van der Waals surface area (Å²) < 4.78 is 11.4. The van der Waals surface area contributed by atoms with Gasteiger partial charge in [-0.1, -0.05) is 53.5 Å². The van der Waals surface area contributed by atoms with Gasteiger partial charge >= 0.3 is 0 Å². The summed E-state index contributed by atoms with van der Waals surface area (Å²) in [6.07, 6.45) is 0. The molecule has 0 aliphatic rings. The van der Waals surface area contributed by atoms with Crippen LogP contribution >= 0.6 is 35.4 Å². The van der Waals surface area contributed by atoms with E-state index in [0.29, 0.717) is 29.7 Å². The maximum Gasteiger partial charge on any atom is 0.258 e. The lowest BCUT2D eigenvalue weighted by Gasteiger charge is -2.15. The number of halogens is 2. The molecule has 0 aliphatic heterocycles. The first kappa shape index (κ1) is 21.9. The Balaban J connectivity index is 1.54. The number of carbonyl (C=O) groups is 1. The van der Waals surface area contributed by atoms with E-state index < -0.39 is 5.91 Å². The highest BCUT2D eigenvalue weighted by atomic mass is 35.5. The normalized spacial score (nSPS) is 10.2. The zero-order valence-corrected chi connectivity index (χ0v) is 18.1. The molecule has 5 nitrogen and oxygen atoms in total. The van der Waals surface area contributed by atoms with Crippen molar-refractivity contribution in [2.45, 2.75) is 0 Å². The second-order valence-electron chi connectivity index (χ2n) is 6.04. The Labute approximate surface area is 189 Å². The second-order valence-corrected chi connectivity index (χ2v) is 7.29. The van der Waals surface area contributed by atoms with Crippen LogP contribution in [0.1, 0.15) is 10.4 Å². The van der Waals surface area contributed by atoms with E-state index in [1.54, 1.807) is 18.2 Å². The summed E-state index contributed by atoms with van der Waals surface area (Å²) >= 11 is 17.2. The third-order valence-corrected chi connectivity index (χ3v) is 4.64. The lowest BCUT2D eigenvalue weighted by molar-refractivity contribution is 0.0978. The molecule has 2 N–H and O–H groups in total. The minimum absolute atomic E-state index is 0.114. The van der Waals surface area contributed by atoms with Gasteiger partial charge in [0.25, 0.3) is 5.91 Å². The number of thiocarbonyl (C=S) groups is 1. The maximum atomic E-state index is 12.4. The van der Waals surface area contributed by atoms with Crippen LogP contribution in [-0.2, 0) is 0 Å². The zero-order chi connectivity index (χ0) is 21.3. The zero-order valence-electron chi connectivity index (χ0n) is 15.7. The molecule has 30 heavy (non-hydrogen) atoms. The van der Waals surface area contributed by atoms with Crippen LogP contribution in [-0.4, -0.2) is 24.2 Å². The van der Waals surface area contributed by atoms with Crippen LogP contribution in [0.4, 0.5) is 5.69 Å². The number of hydrogen-bond acceptors (Lipinski definition) is 4. The molecular weight excluding hydrogens is 443 g/mol. The highest BCUT2D eigenvalue weighted by molar-refractivity contribution is 7.80. The number of rotatable bonds is 7. The summed E-state index contributed by atoms with van der Waals surface area (Å²) in [5.41, 5.74) is 0.887. The SMILES string of the molecule is O=C(NC(=S)Nc1ccccc1OCCOc1ccccc1)c1ccc(Cl)cc1Cl. The molecule has 3 aromatic carbocycles. The average molecular weight is 461 g/mol. The Morgan fingerprint density at radius 2 is 1.60 bits per heavy atom. The molecule has 0 saturated heterocycles. The standard InChI is InChI=1S/C22H18Cl2N2O3S/c23-15-10-11-17(18(24)14-15)21(27)26-22(30)25-19-8-4-5-9-20(19)29-13-12-28-16-6-2-1-3-7-16/h1-11,14H,12-13H2,(H2,25,26,27,30). The first-order chi connectivity index (χ1) is 14.5. The van der Waals surface area contributed by atoms with Crippen molar-refractivity contribution in [2.75, 3.05) is 18.5 Å². The lowest BCUT2D eigenvalue weighted by atomic mass is 10.2. The second kappa shape index (κ2) is 10.8. The lowest BCUT2D eigenvalue weighted by Crippen LogP contribution is -2.34. The molecule has 1 amide bonds. The third kappa shape index (κ3) is 6.35. The number of hydrogen-bond donors (Lipinski definition) is 2. The van der Waals surface area contributed by atoms with Gasteiger partial charge in [0.15, 0.2) is 5.11 Å². The number of nitrogens with one attached hydrogen (secondary N) is 2. The van der Waals surface area contributed by atoms with E-state index in [4.69, 9.17) is 44.9 Å². The van der Waals surface area contributed by atoms with Crippen molar-refractivity contribution in [1.29, 1.82) is 0 Å². The van der Waals surface area contributed by atoms with Crippen LogP contribution < -0.4 is 20.1 Å². The summed E-state index contributed by atoms with van der Waals surface area (Å²) in [4.78, 5) is 12.4. The van der Waals surface area contributed by atoms with Gasteiger partial charge in [-0.15, -0.1) is 0 Å². The fraction of sp³-hybridized carbons (Fsp3) is 0.0909. The minimum Gasteiger partial charge on any atom is -0.490 e. The fourth-order valence-corrected chi connectivity index (χ4v) is 3.22. The average Bonchev–Trinajstić information content (AvgIpc) is 2.73. The molecule has 0 radical (unpaired) electrons. The predicted molar refractivity (Wildman–Crippen MR) is 124 cm³/mol. The Hall–Kier alpha value is -2.80. The molecule has 154 valence electrons. The molecule has 3 aromatic rings. The molecule has 0 unspecified atom stereocenters. The topological polar surface area (TPSA) is 59.6 Å². The Morgan fingerprint density at radius 1 is 0.900 bits per heavy atom. The molecule has 0 atom stereocenters. The summed E-state index contributed by atoms with van der Waals surface area (Å²) in [7, 11) is 0. The Morgan fingerprint density at radius 3 is 2.37 bits per heavy atom. The van der Waals surface area contributed by atoms with Crippen molar-refractivity contribution in [1.82, 2.24) is 5.32 Å².